The molecule has 0 spiro atoms. The lowest BCUT2D eigenvalue weighted by atomic mass is 10.2. The summed E-state index contributed by atoms with van der Waals surface area (Å²) in [5.41, 5.74) is -0.362. The Morgan fingerprint density at radius 2 is 1.85 bits per heavy atom. The Hall–Kier alpha value is -2.02. The van der Waals surface area contributed by atoms with E-state index in [1.54, 1.807) is 0 Å². The topological polar surface area (TPSA) is 82.8 Å². The third-order valence-corrected chi connectivity index (χ3v) is 4.46. The Bertz CT molecular complexity index is 803. The molecule has 0 saturated carbocycles. The summed E-state index contributed by atoms with van der Waals surface area (Å²) >= 11 is 0. The predicted molar refractivity (Wildman–Crippen MR) is 73.3 cm³/mol. The largest absolute Gasteiger partial charge is 0.496 e. The first-order chi connectivity index (χ1) is 9.42. The van der Waals surface area contributed by atoms with E-state index in [1.165, 1.54) is 33.3 Å². The number of benzene rings is 1. The second-order valence-corrected chi connectivity index (χ2v) is 6.25. The molecule has 0 unspecified atom stereocenters. The minimum absolute atomic E-state index is 0.112. The summed E-state index contributed by atoms with van der Waals surface area (Å²) in [4.78, 5) is 12.1. The molecule has 0 amide bonds. The minimum Gasteiger partial charge on any atom is -0.496 e. The number of sulfone groups is 1. The van der Waals surface area contributed by atoms with Crippen molar-refractivity contribution in [1.29, 1.82) is 0 Å². The zero-order valence-corrected chi connectivity index (χ0v) is 12.1. The lowest BCUT2D eigenvalue weighted by molar-refractivity contribution is 0.393. The van der Waals surface area contributed by atoms with E-state index in [0.29, 0.717) is 5.75 Å². The summed E-state index contributed by atoms with van der Waals surface area (Å²) in [6, 6.07) is 3.96. The van der Waals surface area contributed by atoms with Gasteiger partial charge in [0.15, 0.2) is 5.43 Å². The van der Waals surface area contributed by atoms with Gasteiger partial charge in [0.05, 0.1) is 20.0 Å². The van der Waals surface area contributed by atoms with Gasteiger partial charge in [0.2, 0.25) is 14.9 Å². The van der Waals surface area contributed by atoms with Crippen molar-refractivity contribution < 1.29 is 22.3 Å². The molecule has 20 heavy (non-hydrogen) atoms. The van der Waals surface area contributed by atoms with E-state index in [2.05, 4.69) is 0 Å². The average Bonchev–Trinajstić information content (AvgIpc) is 2.45. The molecule has 6 nitrogen and oxygen atoms in total. The smallest absolute Gasteiger partial charge is 0.222 e. The van der Waals surface area contributed by atoms with Crippen LogP contribution in [-0.4, -0.2) is 28.4 Å². The van der Waals surface area contributed by atoms with Gasteiger partial charge in [0, 0.05) is 18.2 Å². The summed E-state index contributed by atoms with van der Waals surface area (Å²) in [6.07, 6.45) is 0. The van der Waals surface area contributed by atoms with Gasteiger partial charge in [-0.05, 0) is 0 Å². The molecule has 0 radical (unpaired) electrons. The number of hydrogen-bond donors (Lipinski definition) is 0. The van der Waals surface area contributed by atoms with Crippen molar-refractivity contribution in [2.45, 2.75) is 12.0 Å². The van der Waals surface area contributed by atoms with Crippen molar-refractivity contribution >= 4 is 20.8 Å². The Kier molecular flexibility index (Phi) is 3.71. The van der Waals surface area contributed by atoms with Gasteiger partial charge in [0.1, 0.15) is 22.5 Å². The molecular formula is C13H14O6S. The van der Waals surface area contributed by atoms with Crippen LogP contribution in [0.1, 0.15) is 6.92 Å². The predicted octanol–water partition coefficient (Wildman–Crippen LogP) is 1.60. The molecule has 0 saturated heterocycles. The van der Waals surface area contributed by atoms with Gasteiger partial charge in [0.25, 0.3) is 0 Å². The summed E-state index contributed by atoms with van der Waals surface area (Å²) < 4.78 is 39.1. The van der Waals surface area contributed by atoms with Crippen molar-refractivity contribution in [2.75, 3.05) is 20.0 Å². The van der Waals surface area contributed by atoms with Crippen LogP contribution in [0.2, 0.25) is 0 Å². The van der Waals surface area contributed by atoms with Gasteiger partial charge in [-0.3, -0.25) is 4.79 Å². The van der Waals surface area contributed by atoms with E-state index in [-0.39, 0.29) is 27.6 Å². The number of fused-ring (bicyclic) bond motifs is 1. The van der Waals surface area contributed by atoms with Crippen molar-refractivity contribution in [3.63, 3.8) is 0 Å². The van der Waals surface area contributed by atoms with Gasteiger partial charge in [-0.1, -0.05) is 6.92 Å². The first-order valence-corrected chi connectivity index (χ1v) is 7.50. The molecule has 2 rings (SSSR count). The zero-order chi connectivity index (χ0) is 14.9. The van der Waals surface area contributed by atoms with E-state index in [4.69, 9.17) is 13.9 Å². The summed E-state index contributed by atoms with van der Waals surface area (Å²) in [5.74, 6) is 0.528. The second kappa shape index (κ2) is 5.16. The Morgan fingerprint density at radius 3 is 2.40 bits per heavy atom. The first-order valence-electron chi connectivity index (χ1n) is 5.85. The molecule has 0 aliphatic heterocycles. The molecule has 108 valence electrons. The van der Waals surface area contributed by atoms with E-state index in [1.807, 2.05) is 0 Å². The lowest BCUT2D eigenvalue weighted by Crippen LogP contribution is -2.10. The van der Waals surface area contributed by atoms with E-state index >= 15 is 0 Å². The molecule has 1 heterocycles. The second-order valence-electron chi connectivity index (χ2n) is 4.04. The number of hydrogen-bond acceptors (Lipinski definition) is 6. The Labute approximate surface area is 115 Å². The summed E-state index contributed by atoms with van der Waals surface area (Å²) in [5, 5.41) is -0.170. The van der Waals surface area contributed by atoms with Gasteiger partial charge in [-0.25, -0.2) is 8.42 Å². The Morgan fingerprint density at radius 1 is 1.15 bits per heavy atom. The van der Waals surface area contributed by atoms with Gasteiger partial charge in [-0.15, -0.1) is 0 Å². The van der Waals surface area contributed by atoms with Crippen molar-refractivity contribution in [3.8, 4) is 11.5 Å². The summed E-state index contributed by atoms with van der Waals surface area (Å²) in [7, 11) is -0.743. The van der Waals surface area contributed by atoms with Gasteiger partial charge >= 0.3 is 0 Å². The van der Waals surface area contributed by atoms with Crippen LogP contribution >= 0.6 is 0 Å². The van der Waals surface area contributed by atoms with Crippen molar-refractivity contribution in [3.05, 3.63) is 28.4 Å². The van der Waals surface area contributed by atoms with E-state index in [0.717, 1.165) is 6.07 Å². The van der Waals surface area contributed by atoms with Gasteiger partial charge < -0.3 is 13.9 Å². The number of methoxy groups -OCH3 is 2. The fourth-order valence-corrected chi connectivity index (χ4v) is 2.57. The fraction of sp³-hybridized carbons (Fsp3) is 0.308. The molecule has 0 aliphatic rings. The molecule has 1 aromatic carbocycles. The lowest BCUT2D eigenvalue weighted by Gasteiger charge is -2.08. The van der Waals surface area contributed by atoms with E-state index in [9.17, 15) is 13.2 Å². The highest BCUT2D eigenvalue weighted by Gasteiger charge is 2.19. The SMILES string of the molecule is CCS(=O)(=O)c1cc(=O)c2c(OC)cc(OC)cc2o1. The van der Waals surface area contributed by atoms with Crippen LogP contribution in [0, 0.1) is 0 Å². The third kappa shape index (κ3) is 2.36. The molecule has 0 bridgehead atoms. The van der Waals surface area contributed by atoms with Crippen LogP contribution in [0.5, 0.6) is 11.5 Å². The number of ether oxygens (including phenoxy) is 2. The third-order valence-electron chi connectivity index (χ3n) is 2.89. The molecule has 2 aromatic rings. The van der Waals surface area contributed by atoms with Gasteiger partial charge in [-0.2, -0.15) is 0 Å². The zero-order valence-electron chi connectivity index (χ0n) is 11.3. The van der Waals surface area contributed by atoms with Crippen LogP contribution in [0.3, 0.4) is 0 Å². The minimum atomic E-state index is -3.60. The molecule has 0 atom stereocenters. The first kappa shape index (κ1) is 14.4. The standard InChI is InChI=1S/C13H14O6S/c1-4-20(15,16)12-7-9(14)13-10(18-3)5-8(17-2)6-11(13)19-12/h5-7H,4H2,1-3H3. The average molecular weight is 298 g/mol. The monoisotopic (exact) mass is 298 g/mol. The molecule has 0 aliphatic carbocycles. The fourth-order valence-electron chi connectivity index (χ4n) is 1.78. The molecule has 1 aromatic heterocycles. The maximum Gasteiger partial charge on any atom is 0.222 e. The van der Waals surface area contributed by atoms with Crippen LogP contribution in [0.25, 0.3) is 11.0 Å². The summed E-state index contributed by atoms with van der Waals surface area (Å²) in [6.45, 7) is 1.48. The highest BCUT2D eigenvalue weighted by atomic mass is 32.2. The molecule has 0 N–H and O–H groups in total. The number of rotatable bonds is 4. The quantitative estimate of drug-likeness (QED) is 0.852. The normalized spacial score (nSPS) is 11.6. The maximum absolute atomic E-state index is 12.1. The Balaban J connectivity index is 2.87. The van der Waals surface area contributed by atoms with Crippen LogP contribution < -0.4 is 14.9 Å². The maximum atomic E-state index is 12.1. The molecule has 7 heteroatoms. The molecule has 0 fully saturated rings. The highest BCUT2D eigenvalue weighted by Crippen LogP contribution is 2.30. The van der Waals surface area contributed by atoms with Crippen LogP contribution in [-0.2, 0) is 9.84 Å². The molecular weight excluding hydrogens is 284 g/mol. The van der Waals surface area contributed by atoms with E-state index < -0.39 is 15.3 Å². The highest BCUT2D eigenvalue weighted by molar-refractivity contribution is 7.91. The van der Waals surface area contributed by atoms with Crippen LogP contribution in [0.4, 0.5) is 0 Å². The van der Waals surface area contributed by atoms with Crippen molar-refractivity contribution in [2.24, 2.45) is 0 Å². The van der Waals surface area contributed by atoms with Crippen LogP contribution in [0.15, 0.2) is 32.5 Å². The van der Waals surface area contributed by atoms with Crippen molar-refractivity contribution in [1.82, 2.24) is 0 Å².